The van der Waals surface area contributed by atoms with Crippen LogP contribution in [0.5, 0.6) is 0 Å². The molecule has 3 unspecified atom stereocenters. The van der Waals surface area contributed by atoms with E-state index >= 15 is 0 Å². The van der Waals surface area contributed by atoms with Gasteiger partial charge in [0.1, 0.15) is 26.2 Å². The second-order valence-corrected chi connectivity index (χ2v) is 5.69. The summed E-state index contributed by atoms with van der Waals surface area (Å²) in [7, 11) is 6.12. The van der Waals surface area contributed by atoms with Crippen molar-refractivity contribution in [1.29, 1.82) is 0 Å². The molecule has 0 aromatic heterocycles. The van der Waals surface area contributed by atoms with E-state index in [-0.39, 0.29) is 14.9 Å². The van der Waals surface area contributed by atoms with Crippen molar-refractivity contribution in [3.63, 3.8) is 0 Å². The van der Waals surface area contributed by atoms with E-state index < -0.39 is 36.8 Å². The second-order valence-electron chi connectivity index (χ2n) is 5.04. The van der Waals surface area contributed by atoms with Gasteiger partial charge in [-0.3, -0.25) is 0 Å². The fourth-order valence-corrected chi connectivity index (χ4v) is 2.93. The molecule has 0 aromatic rings. The molecule has 4 nitrogen and oxygen atoms in total. The van der Waals surface area contributed by atoms with Gasteiger partial charge in [-0.1, -0.05) is 6.92 Å². The molecule has 6 atom stereocenters. The van der Waals surface area contributed by atoms with Crippen LogP contribution in [0.2, 0.25) is 0 Å². The average molecular weight is 328 g/mol. The number of rotatable bonds is 7. The molecule has 1 fully saturated rings. The van der Waals surface area contributed by atoms with Crippen molar-refractivity contribution in [3.05, 3.63) is 0 Å². The predicted octanol–water partition coefficient (Wildman–Crippen LogP) is 2.60. The first-order valence-electron chi connectivity index (χ1n) is 6.73. The zero-order valence-electron chi connectivity index (χ0n) is 12.6. The van der Waals surface area contributed by atoms with Crippen molar-refractivity contribution >= 4 is 16.7 Å². The number of alkyl halides is 3. The summed E-state index contributed by atoms with van der Waals surface area (Å²) in [6.07, 6.45) is -5.52. The van der Waals surface area contributed by atoms with Crippen LogP contribution in [0.25, 0.3) is 0 Å². The smallest absolute Gasteiger partial charge is 0.379 e. The lowest BCUT2D eigenvalue weighted by molar-refractivity contribution is -0.258. The average Bonchev–Trinajstić information content (AvgIpc) is 2.60. The zero-order valence-corrected chi connectivity index (χ0v) is 13.6. The summed E-state index contributed by atoms with van der Waals surface area (Å²) in [5, 5.41) is 0. The number of hydrogen-bond donors (Lipinski definition) is 0. The van der Waals surface area contributed by atoms with E-state index in [0.717, 1.165) is 0 Å². The summed E-state index contributed by atoms with van der Waals surface area (Å²) in [5.41, 5.74) is -1.06. The number of hydrogen-bond acceptors (Lipinski definition) is 4. The van der Waals surface area contributed by atoms with Gasteiger partial charge in [0.05, 0.1) is 6.10 Å². The lowest BCUT2D eigenvalue weighted by atomic mass is 9.81. The van der Waals surface area contributed by atoms with Crippen LogP contribution < -0.4 is 0 Å². The highest BCUT2D eigenvalue weighted by Crippen LogP contribution is 2.39. The first kappa shape index (κ1) is 19.2. The number of ether oxygens (including phenoxy) is 3. The van der Waals surface area contributed by atoms with Crippen molar-refractivity contribution in [2.24, 2.45) is 0 Å². The van der Waals surface area contributed by atoms with Crippen LogP contribution in [0.1, 0.15) is 27.2 Å². The van der Waals surface area contributed by atoms with E-state index in [1.165, 1.54) is 6.92 Å². The van der Waals surface area contributed by atoms with Gasteiger partial charge < -0.3 is 18.7 Å². The molecule has 21 heavy (non-hydrogen) atoms. The monoisotopic (exact) mass is 328 g/mol. The highest BCUT2D eigenvalue weighted by Gasteiger charge is 2.53. The zero-order chi connectivity index (χ0) is 16.3. The van der Waals surface area contributed by atoms with Gasteiger partial charge in [0.25, 0.3) is 0 Å². The third kappa shape index (κ3) is 5.07. The van der Waals surface area contributed by atoms with Gasteiger partial charge in [0.15, 0.2) is 6.29 Å². The van der Waals surface area contributed by atoms with Crippen molar-refractivity contribution in [2.75, 3.05) is 13.3 Å². The van der Waals surface area contributed by atoms with Crippen molar-refractivity contribution < 1.29 is 31.9 Å². The third-order valence-corrected chi connectivity index (χ3v) is 3.83. The van der Waals surface area contributed by atoms with E-state index in [1.54, 1.807) is 6.92 Å². The summed E-state index contributed by atoms with van der Waals surface area (Å²) in [4.78, 5) is 0. The van der Waals surface area contributed by atoms with Gasteiger partial charge in [-0.2, -0.15) is 13.2 Å². The molecule has 2 radical (unpaired) electrons. The Morgan fingerprint density at radius 3 is 2.52 bits per heavy atom. The van der Waals surface area contributed by atoms with Gasteiger partial charge in [0.2, 0.25) is 0 Å². The van der Waals surface area contributed by atoms with Gasteiger partial charge in [0, 0.05) is 14.8 Å². The molecule has 1 aliphatic heterocycles. The van der Waals surface area contributed by atoms with Gasteiger partial charge in [-0.15, -0.1) is 0 Å². The molecule has 1 saturated heterocycles. The Balaban J connectivity index is 2.71. The molecule has 1 rings (SSSR count). The van der Waals surface area contributed by atoms with Crippen LogP contribution in [0.4, 0.5) is 13.2 Å². The fraction of sp³-hybridized carbons (Fsp3) is 1.00. The van der Waals surface area contributed by atoms with Crippen LogP contribution in [0.15, 0.2) is 0 Å². The largest absolute Gasteiger partial charge is 0.411 e. The Kier molecular flexibility index (Phi) is 6.94. The van der Waals surface area contributed by atoms with Crippen LogP contribution in [-0.4, -0.2) is 57.4 Å². The molecular weight excluding hydrogens is 307 g/mol. The molecule has 0 saturated carbocycles. The highest BCUT2D eigenvalue weighted by atomic mass is 31.1. The Hall–Kier alpha value is 0.125. The van der Waals surface area contributed by atoms with E-state index in [9.17, 15) is 13.2 Å². The summed E-state index contributed by atoms with van der Waals surface area (Å²) in [5.74, 6) is 0. The van der Waals surface area contributed by atoms with Crippen LogP contribution in [0, 0.1) is 0 Å². The Bertz CT molecular complexity index is 334. The van der Waals surface area contributed by atoms with E-state index in [1.807, 2.05) is 13.6 Å². The maximum atomic E-state index is 12.2. The molecule has 0 N–H and O–H groups in total. The SMILES string of the molecule is [B][C@@H]1O[C@H](CC)[C@H](OPC)C1(C)OC(C)OCC(F)(F)F. The molecule has 1 heterocycles. The Morgan fingerprint density at radius 1 is 1.43 bits per heavy atom. The molecule has 0 bridgehead atoms. The van der Waals surface area contributed by atoms with Gasteiger partial charge in [-0.05, 0) is 26.9 Å². The summed E-state index contributed by atoms with van der Waals surface area (Å²) < 4.78 is 58.0. The first-order chi connectivity index (χ1) is 9.64. The highest BCUT2D eigenvalue weighted by molar-refractivity contribution is 7.31. The maximum Gasteiger partial charge on any atom is 0.411 e. The molecule has 1 aliphatic rings. The Labute approximate surface area is 126 Å². The third-order valence-electron chi connectivity index (χ3n) is 3.34. The van der Waals surface area contributed by atoms with E-state index in [2.05, 4.69) is 4.74 Å². The number of halogens is 3. The van der Waals surface area contributed by atoms with E-state index in [0.29, 0.717) is 6.42 Å². The van der Waals surface area contributed by atoms with E-state index in [4.69, 9.17) is 21.8 Å². The standard InChI is InChI=1S/C12H21BF3O4P/c1-5-8-9(20-21-4)11(3,10(13)18-8)19-7(2)17-6-12(14,15)16/h7-10,21H,5-6H2,1-4H3/t7?,8-,9+,10-,11?/m1/s1. The molecule has 0 aromatic carbocycles. The van der Waals surface area contributed by atoms with Crippen molar-refractivity contribution in [3.8, 4) is 0 Å². The molecular formula is C12H21BF3O4P. The van der Waals surface area contributed by atoms with Crippen LogP contribution in [0.3, 0.4) is 0 Å². The fourth-order valence-electron chi connectivity index (χ4n) is 2.29. The molecule has 0 amide bonds. The molecule has 122 valence electrons. The van der Waals surface area contributed by atoms with Crippen LogP contribution in [-0.2, 0) is 18.7 Å². The summed E-state index contributed by atoms with van der Waals surface area (Å²) >= 11 is 0. The van der Waals surface area contributed by atoms with Crippen LogP contribution >= 0.6 is 8.81 Å². The minimum absolute atomic E-state index is 0.189. The maximum absolute atomic E-state index is 12.2. The van der Waals surface area contributed by atoms with Crippen molar-refractivity contribution in [2.45, 2.75) is 63.5 Å². The summed E-state index contributed by atoms with van der Waals surface area (Å²) in [6, 6.07) is -0.791. The lowest BCUT2D eigenvalue weighted by Gasteiger charge is -2.36. The molecule has 9 heteroatoms. The normalized spacial score (nSPS) is 35.7. The lowest BCUT2D eigenvalue weighted by Crippen LogP contribution is -2.51. The van der Waals surface area contributed by atoms with Crippen molar-refractivity contribution in [1.82, 2.24) is 0 Å². The first-order valence-corrected chi connectivity index (χ1v) is 8.14. The summed E-state index contributed by atoms with van der Waals surface area (Å²) in [6.45, 7) is 5.46. The minimum Gasteiger partial charge on any atom is -0.379 e. The van der Waals surface area contributed by atoms with Gasteiger partial charge in [-0.25, -0.2) is 0 Å². The van der Waals surface area contributed by atoms with Gasteiger partial charge >= 0.3 is 6.18 Å². The minimum atomic E-state index is -4.40. The molecule has 0 spiro atoms. The molecule has 0 aliphatic carbocycles. The second kappa shape index (κ2) is 7.60. The predicted molar refractivity (Wildman–Crippen MR) is 74.8 cm³/mol. The quantitative estimate of drug-likeness (QED) is 0.409. The topological polar surface area (TPSA) is 36.9 Å². The Morgan fingerprint density at radius 2 is 2.05 bits per heavy atom.